The number of aliphatic carboxylic acids is 1. The van der Waals surface area contributed by atoms with E-state index in [1.807, 2.05) is 0 Å². The number of halogens is 2. The molecular formula is C16H20F2N2O3. The minimum absolute atomic E-state index is 0.121. The molecule has 1 atom stereocenters. The molecule has 0 spiro atoms. The van der Waals surface area contributed by atoms with Crippen LogP contribution in [0.5, 0.6) is 0 Å². The number of carbonyl (C=O) groups excluding carboxylic acids is 1. The zero-order valence-corrected chi connectivity index (χ0v) is 13.1. The van der Waals surface area contributed by atoms with E-state index in [2.05, 4.69) is 5.32 Å². The standard InChI is InChI=1S/C16H20F2N2O3/c1-16(2,15(22)23)8-14(21)19-11-5-6-20(9-11)13-4-3-10(17)7-12(13)18/h3-4,7,11H,5-6,8-9H2,1-2H3,(H,19,21)(H,22,23)/t11-/m0/s1. The van der Waals surface area contributed by atoms with Crippen LogP contribution in [0.1, 0.15) is 26.7 Å². The maximum atomic E-state index is 13.8. The number of anilines is 1. The third-order valence-electron chi connectivity index (χ3n) is 3.99. The average molecular weight is 326 g/mol. The zero-order chi connectivity index (χ0) is 17.2. The Kier molecular flexibility index (Phi) is 4.87. The van der Waals surface area contributed by atoms with Crippen LogP contribution in [-0.4, -0.2) is 36.1 Å². The Morgan fingerprint density at radius 1 is 1.39 bits per heavy atom. The SMILES string of the molecule is CC(C)(CC(=O)N[C@H]1CCN(c2ccc(F)cc2F)C1)C(=O)O. The molecule has 1 heterocycles. The maximum absolute atomic E-state index is 13.8. The third-order valence-corrected chi connectivity index (χ3v) is 3.99. The van der Waals surface area contributed by atoms with Gasteiger partial charge in [-0.1, -0.05) is 0 Å². The van der Waals surface area contributed by atoms with Gasteiger partial charge in [-0.05, 0) is 32.4 Å². The molecule has 1 fully saturated rings. The highest BCUT2D eigenvalue weighted by atomic mass is 19.1. The summed E-state index contributed by atoms with van der Waals surface area (Å²) in [5, 5.41) is 11.8. The summed E-state index contributed by atoms with van der Waals surface area (Å²) in [6, 6.07) is 3.22. The number of nitrogens with one attached hydrogen (secondary N) is 1. The summed E-state index contributed by atoms with van der Waals surface area (Å²) in [4.78, 5) is 24.7. The van der Waals surface area contributed by atoms with Gasteiger partial charge in [-0.25, -0.2) is 8.78 Å². The monoisotopic (exact) mass is 326 g/mol. The molecule has 0 saturated carbocycles. The molecule has 2 N–H and O–H groups in total. The van der Waals surface area contributed by atoms with Gasteiger partial charge < -0.3 is 15.3 Å². The van der Waals surface area contributed by atoms with Gasteiger partial charge in [0.25, 0.3) is 0 Å². The molecule has 5 nitrogen and oxygen atoms in total. The van der Waals surface area contributed by atoms with Crippen molar-refractivity contribution in [3.05, 3.63) is 29.8 Å². The van der Waals surface area contributed by atoms with Crippen LogP contribution >= 0.6 is 0 Å². The first kappa shape index (κ1) is 17.2. The van der Waals surface area contributed by atoms with Gasteiger partial charge >= 0.3 is 5.97 Å². The van der Waals surface area contributed by atoms with Gasteiger partial charge in [-0.3, -0.25) is 9.59 Å². The molecule has 0 radical (unpaired) electrons. The van der Waals surface area contributed by atoms with Crippen molar-refractivity contribution >= 4 is 17.6 Å². The van der Waals surface area contributed by atoms with Gasteiger partial charge in [0.1, 0.15) is 11.6 Å². The summed E-state index contributed by atoms with van der Waals surface area (Å²) >= 11 is 0. The molecule has 126 valence electrons. The van der Waals surface area contributed by atoms with Crippen molar-refractivity contribution in [2.75, 3.05) is 18.0 Å². The number of benzene rings is 1. The van der Waals surface area contributed by atoms with Crippen molar-refractivity contribution in [2.24, 2.45) is 5.41 Å². The summed E-state index contributed by atoms with van der Waals surface area (Å²) in [6.45, 7) is 3.92. The fourth-order valence-corrected chi connectivity index (χ4v) is 2.59. The van der Waals surface area contributed by atoms with Crippen LogP contribution in [0.2, 0.25) is 0 Å². The number of amides is 1. The lowest BCUT2D eigenvalue weighted by Gasteiger charge is -2.21. The van der Waals surface area contributed by atoms with Crippen molar-refractivity contribution in [3.63, 3.8) is 0 Å². The van der Waals surface area contributed by atoms with Crippen molar-refractivity contribution in [2.45, 2.75) is 32.7 Å². The average Bonchev–Trinajstić information content (AvgIpc) is 2.85. The predicted octanol–water partition coefficient (Wildman–Crippen LogP) is 2.16. The Morgan fingerprint density at radius 2 is 2.09 bits per heavy atom. The van der Waals surface area contributed by atoms with Gasteiger partial charge in [0, 0.05) is 31.6 Å². The molecule has 1 aliphatic heterocycles. The highest BCUT2D eigenvalue weighted by molar-refractivity contribution is 5.84. The first-order chi connectivity index (χ1) is 10.7. The zero-order valence-electron chi connectivity index (χ0n) is 13.1. The van der Waals surface area contributed by atoms with Crippen LogP contribution in [0.15, 0.2) is 18.2 Å². The number of carbonyl (C=O) groups is 2. The van der Waals surface area contributed by atoms with E-state index in [-0.39, 0.29) is 18.4 Å². The van der Waals surface area contributed by atoms with Crippen LogP contribution in [0.3, 0.4) is 0 Å². The minimum atomic E-state index is -1.13. The first-order valence-corrected chi connectivity index (χ1v) is 7.42. The fraction of sp³-hybridized carbons (Fsp3) is 0.500. The molecule has 0 aliphatic carbocycles. The lowest BCUT2D eigenvalue weighted by atomic mass is 9.89. The largest absolute Gasteiger partial charge is 0.481 e. The summed E-state index contributed by atoms with van der Waals surface area (Å²) in [6.07, 6.45) is 0.500. The van der Waals surface area contributed by atoms with Crippen molar-refractivity contribution < 1.29 is 23.5 Å². The number of carboxylic acids is 1. The van der Waals surface area contributed by atoms with Crippen molar-refractivity contribution in [1.82, 2.24) is 5.32 Å². The van der Waals surface area contributed by atoms with E-state index in [9.17, 15) is 18.4 Å². The van der Waals surface area contributed by atoms with E-state index in [1.54, 1.807) is 4.90 Å². The van der Waals surface area contributed by atoms with Crippen LogP contribution in [0.4, 0.5) is 14.5 Å². The van der Waals surface area contributed by atoms with E-state index in [4.69, 9.17) is 5.11 Å². The predicted molar refractivity (Wildman–Crippen MR) is 81.2 cm³/mol. The number of hydrogen-bond acceptors (Lipinski definition) is 3. The van der Waals surface area contributed by atoms with E-state index in [1.165, 1.54) is 26.0 Å². The van der Waals surface area contributed by atoms with Crippen LogP contribution in [-0.2, 0) is 9.59 Å². The molecule has 1 saturated heterocycles. The van der Waals surface area contributed by atoms with Gasteiger partial charge in [-0.15, -0.1) is 0 Å². The van der Waals surface area contributed by atoms with Gasteiger partial charge in [0.2, 0.25) is 5.91 Å². The molecule has 0 bridgehead atoms. The second-order valence-electron chi connectivity index (χ2n) is 6.46. The molecule has 7 heteroatoms. The van der Waals surface area contributed by atoms with Gasteiger partial charge in [0.05, 0.1) is 11.1 Å². The minimum Gasteiger partial charge on any atom is -0.481 e. The van der Waals surface area contributed by atoms with E-state index >= 15 is 0 Å². The topological polar surface area (TPSA) is 69.6 Å². The normalized spacial score (nSPS) is 18.1. The lowest BCUT2D eigenvalue weighted by molar-refractivity contribution is -0.149. The Labute approximate surface area is 133 Å². The molecule has 1 aromatic rings. The number of hydrogen-bond donors (Lipinski definition) is 2. The second-order valence-corrected chi connectivity index (χ2v) is 6.46. The van der Waals surface area contributed by atoms with Crippen LogP contribution < -0.4 is 10.2 Å². The summed E-state index contributed by atoms with van der Waals surface area (Å²) in [5.41, 5.74) is -0.833. The third kappa shape index (κ3) is 4.18. The summed E-state index contributed by atoms with van der Waals surface area (Å²) in [5.74, 6) is -2.65. The molecule has 1 aromatic carbocycles. The van der Waals surface area contributed by atoms with E-state index in [0.717, 1.165) is 6.07 Å². The summed E-state index contributed by atoms with van der Waals surface area (Å²) < 4.78 is 26.7. The Balaban J connectivity index is 1.93. The van der Waals surface area contributed by atoms with Crippen LogP contribution in [0, 0.1) is 17.0 Å². The van der Waals surface area contributed by atoms with Gasteiger partial charge in [-0.2, -0.15) is 0 Å². The van der Waals surface area contributed by atoms with Crippen molar-refractivity contribution in [3.8, 4) is 0 Å². The number of nitrogens with zero attached hydrogens (tertiary/aromatic N) is 1. The molecule has 2 rings (SSSR count). The summed E-state index contributed by atoms with van der Waals surface area (Å²) in [7, 11) is 0. The molecule has 1 amide bonds. The maximum Gasteiger partial charge on any atom is 0.309 e. The quantitative estimate of drug-likeness (QED) is 0.870. The smallest absolute Gasteiger partial charge is 0.309 e. The Bertz CT molecular complexity index is 619. The Hall–Kier alpha value is -2.18. The van der Waals surface area contributed by atoms with E-state index in [0.29, 0.717) is 25.2 Å². The number of rotatable bonds is 5. The number of carboxylic acid groups (broad SMARTS) is 1. The van der Waals surface area contributed by atoms with Gasteiger partial charge in [0.15, 0.2) is 0 Å². The molecule has 23 heavy (non-hydrogen) atoms. The highest BCUT2D eigenvalue weighted by Crippen LogP contribution is 2.25. The first-order valence-electron chi connectivity index (χ1n) is 7.42. The van der Waals surface area contributed by atoms with E-state index < -0.39 is 23.0 Å². The highest BCUT2D eigenvalue weighted by Gasteiger charge is 2.32. The van der Waals surface area contributed by atoms with Crippen LogP contribution in [0.25, 0.3) is 0 Å². The second kappa shape index (κ2) is 6.52. The molecule has 0 aromatic heterocycles. The Morgan fingerprint density at radius 3 is 2.70 bits per heavy atom. The molecule has 0 unspecified atom stereocenters. The molecular weight excluding hydrogens is 306 g/mol. The van der Waals surface area contributed by atoms with Crippen molar-refractivity contribution in [1.29, 1.82) is 0 Å². The lowest BCUT2D eigenvalue weighted by Crippen LogP contribution is -2.40. The molecule has 1 aliphatic rings. The fourth-order valence-electron chi connectivity index (χ4n) is 2.59.